The molecule has 0 spiro atoms. The van der Waals surface area contributed by atoms with Crippen molar-refractivity contribution >= 4 is 5.69 Å². The number of benzene rings is 1. The molecule has 1 heterocycles. The van der Waals surface area contributed by atoms with Crippen LogP contribution in [0.1, 0.15) is 45.2 Å². The number of nitrogens with two attached hydrogens (primary N) is 1. The Morgan fingerprint density at radius 1 is 1.35 bits per heavy atom. The summed E-state index contributed by atoms with van der Waals surface area (Å²) in [4.78, 5) is 2.52. The number of nitrogens with zero attached hydrogens (tertiary/aromatic N) is 1. The van der Waals surface area contributed by atoms with E-state index in [1.54, 1.807) is 0 Å². The van der Waals surface area contributed by atoms with Crippen LogP contribution < -0.4 is 10.6 Å². The summed E-state index contributed by atoms with van der Waals surface area (Å²) in [5.41, 5.74) is 8.86. The molecule has 1 aromatic carbocycles. The van der Waals surface area contributed by atoms with Crippen molar-refractivity contribution in [3.63, 3.8) is 0 Å². The van der Waals surface area contributed by atoms with Crippen LogP contribution in [-0.2, 0) is 0 Å². The normalized spacial score (nSPS) is 26.2. The first-order valence-corrected chi connectivity index (χ1v) is 6.74. The summed E-state index contributed by atoms with van der Waals surface area (Å²) in [5, 5.41) is 0. The van der Waals surface area contributed by atoms with E-state index < -0.39 is 0 Å². The highest BCUT2D eigenvalue weighted by atomic mass is 15.2. The highest BCUT2D eigenvalue weighted by Crippen LogP contribution is 2.33. The molecule has 2 N–H and O–H groups in total. The summed E-state index contributed by atoms with van der Waals surface area (Å²) in [6, 6.07) is 9.41. The largest absolute Gasteiger partial charge is 0.368 e. The van der Waals surface area contributed by atoms with E-state index >= 15 is 0 Å². The summed E-state index contributed by atoms with van der Waals surface area (Å²) < 4.78 is 0. The fourth-order valence-corrected chi connectivity index (χ4v) is 2.92. The van der Waals surface area contributed by atoms with Gasteiger partial charge in [0.2, 0.25) is 0 Å². The third kappa shape index (κ3) is 2.47. The van der Waals surface area contributed by atoms with Crippen LogP contribution in [0.4, 0.5) is 5.69 Å². The number of hydrogen-bond donors (Lipinski definition) is 1. The number of para-hydroxylation sites is 1. The molecular weight excluding hydrogens is 208 g/mol. The summed E-state index contributed by atoms with van der Waals surface area (Å²) in [6.45, 7) is 7.96. The summed E-state index contributed by atoms with van der Waals surface area (Å²) in [7, 11) is 0. The van der Waals surface area contributed by atoms with Crippen LogP contribution in [0.3, 0.4) is 0 Å². The summed E-state index contributed by atoms with van der Waals surface area (Å²) in [6.07, 6.45) is 2.28. The molecular formula is C15H24N2. The lowest BCUT2D eigenvalue weighted by atomic mass is 10.0. The Balaban J connectivity index is 2.31. The molecule has 0 bridgehead atoms. The van der Waals surface area contributed by atoms with Crippen LogP contribution in [0.15, 0.2) is 24.3 Å². The molecule has 0 saturated carbocycles. The van der Waals surface area contributed by atoms with Gasteiger partial charge in [0.05, 0.1) is 0 Å². The Kier molecular flexibility index (Phi) is 3.72. The Hall–Kier alpha value is -1.02. The monoisotopic (exact) mass is 232 g/mol. The molecule has 2 nitrogen and oxygen atoms in total. The maximum atomic E-state index is 6.22. The molecule has 1 fully saturated rings. The molecule has 2 rings (SSSR count). The Bertz CT molecular complexity index is 375. The van der Waals surface area contributed by atoms with Crippen LogP contribution in [0.5, 0.6) is 0 Å². The van der Waals surface area contributed by atoms with Crippen LogP contribution in [0.2, 0.25) is 0 Å². The second-order valence-electron chi connectivity index (χ2n) is 5.42. The van der Waals surface area contributed by atoms with Gasteiger partial charge in [-0.05, 0) is 37.3 Å². The summed E-state index contributed by atoms with van der Waals surface area (Å²) >= 11 is 0. The van der Waals surface area contributed by atoms with Gasteiger partial charge in [0.15, 0.2) is 0 Å². The molecule has 1 aliphatic heterocycles. The SMILES string of the molecule is CCC(N)c1ccccc1N1CC(C)CC1C. The number of rotatable bonds is 3. The molecule has 1 aromatic rings. The van der Waals surface area contributed by atoms with Gasteiger partial charge in [-0.25, -0.2) is 0 Å². The van der Waals surface area contributed by atoms with Crippen molar-refractivity contribution in [1.82, 2.24) is 0 Å². The quantitative estimate of drug-likeness (QED) is 0.866. The van der Waals surface area contributed by atoms with E-state index in [4.69, 9.17) is 5.73 Å². The number of anilines is 1. The van der Waals surface area contributed by atoms with Crippen molar-refractivity contribution in [3.8, 4) is 0 Å². The molecule has 3 atom stereocenters. The van der Waals surface area contributed by atoms with Crippen LogP contribution in [0, 0.1) is 5.92 Å². The third-order valence-electron chi connectivity index (χ3n) is 3.87. The van der Waals surface area contributed by atoms with E-state index in [0.29, 0.717) is 6.04 Å². The van der Waals surface area contributed by atoms with Crippen LogP contribution >= 0.6 is 0 Å². The lowest BCUT2D eigenvalue weighted by molar-refractivity contribution is 0.625. The highest BCUT2D eigenvalue weighted by molar-refractivity contribution is 5.56. The third-order valence-corrected chi connectivity index (χ3v) is 3.87. The second-order valence-corrected chi connectivity index (χ2v) is 5.42. The average molecular weight is 232 g/mol. The minimum Gasteiger partial charge on any atom is -0.368 e. The van der Waals surface area contributed by atoms with Crippen molar-refractivity contribution in [2.45, 2.75) is 45.7 Å². The van der Waals surface area contributed by atoms with Gasteiger partial charge in [-0.15, -0.1) is 0 Å². The molecule has 0 amide bonds. The Morgan fingerprint density at radius 3 is 2.65 bits per heavy atom. The molecule has 1 aliphatic rings. The van der Waals surface area contributed by atoms with Gasteiger partial charge in [0.1, 0.15) is 0 Å². The minimum atomic E-state index is 0.161. The molecule has 0 radical (unpaired) electrons. The van der Waals surface area contributed by atoms with Crippen LogP contribution in [-0.4, -0.2) is 12.6 Å². The Morgan fingerprint density at radius 2 is 2.06 bits per heavy atom. The fraction of sp³-hybridized carbons (Fsp3) is 0.600. The predicted molar refractivity (Wildman–Crippen MR) is 74.3 cm³/mol. The first-order valence-electron chi connectivity index (χ1n) is 6.74. The minimum absolute atomic E-state index is 0.161. The van der Waals surface area contributed by atoms with Crippen molar-refractivity contribution < 1.29 is 0 Å². The van der Waals surface area contributed by atoms with E-state index in [1.807, 2.05) is 0 Å². The van der Waals surface area contributed by atoms with Gasteiger partial charge < -0.3 is 10.6 Å². The van der Waals surface area contributed by atoms with Gasteiger partial charge in [0, 0.05) is 24.3 Å². The van der Waals surface area contributed by atoms with Gasteiger partial charge in [-0.2, -0.15) is 0 Å². The number of hydrogen-bond acceptors (Lipinski definition) is 2. The standard InChI is InChI=1S/C15H24N2/c1-4-14(16)13-7-5-6-8-15(13)17-10-11(2)9-12(17)3/h5-8,11-12,14H,4,9-10,16H2,1-3H3. The maximum Gasteiger partial charge on any atom is 0.0417 e. The Labute approximate surface area is 105 Å². The fourth-order valence-electron chi connectivity index (χ4n) is 2.92. The van der Waals surface area contributed by atoms with Gasteiger partial charge in [-0.3, -0.25) is 0 Å². The zero-order chi connectivity index (χ0) is 12.4. The second kappa shape index (κ2) is 5.09. The van der Waals surface area contributed by atoms with Crippen molar-refractivity contribution in [3.05, 3.63) is 29.8 Å². The summed E-state index contributed by atoms with van der Waals surface area (Å²) in [5.74, 6) is 0.788. The molecule has 0 aromatic heterocycles. The van der Waals surface area contributed by atoms with Crippen molar-refractivity contribution in [1.29, 1.82) is 0 Å². The van der Waals surface area contributed by atoms with Gasteiger partial charge in [0.25, 0.3) is 0 Å². The van der Waals surface area contributed by atoms with E-state index in [-0.39, 0.29) is 6.04 Å². The van der Waals surface area contributed by atoms with Crippen molar-refractivity contribution in [2.24, 2.45) is 11.7 Å². The average Bonchev–Trinajstić information content (AvgIpc) is 2.67. The molecule has 0 aliphatic carbocycles. The van der Waals surface area contributed by atoms with Crippen molar-refractivity contribution in [2.75, 3.05) is 11.4 Å². The lowest BCUT2D eigenvalue weighted by Gasteiger charge is -2.28. The van der Waals surface area contributed by atoms with E-state index in [9.17, 15) is 0 Å². The molecule has 3 unspecified atom stereocenters. The first-order chi connectivity index (χ1) is 8.13. The van der Waals surface area contributed by atoms with E-state index in [2.05, 4.69) is 49.9 Å². The zero-order valence-electron chi connectivity index (χ0n) is 11.2. The molecule has 2 heteroatoms. The van der Waals surface area contributed by atoms with Crippen LogP contribution in [0.25, 0.3) is 0 Å². The van der Waals surface area contributed by atoms with Gasteiger partial charge in [-0.1, -0.05) is 32.0 Å². The maximum absolute atomic E-state index is 6.22. The lowest BCUT2D eigenvalue weighted by Crippen LogP contribution is -2.28. The smallest absolute Gasteiger partial charge is 0.0417 e. The van der Waals surface area contributed by atoms with E-state index in [1.165, 1.54) is 17.7 Å². The topological polar surface area (TPSA) is 29.3 Å². The first kappa shape index (κ1) is 12.4. The predicted octanol–water partition coefficient (Wildman–Crippen LogP) is 3.33. The highest BCUT2D eigenvalue weighted by Gasteiger charge is 2.28. The molecule has 94 valence electrons. The zero-order valence-corrected chi connectivity index (χ0v) is 11.2. The van der Waals surface area contributed by atoms with E-state index in [0.717, 1.165) is 18.9 Å². The molecule has 17 heavy (non-hydrogen) atoms. The van der Waals surface area contributed by atoms with Gasteiger partial charge >= 0.3 is 0 Å². The molecule has 1 saturated heterocycles.